The second-order valence-electron chi connectivity index (χ2n) is 15.3. The molecule has 4 rings (SSSR count). The number of carboxylic acids is 1. The lowest BCUT2D eigenvalue weighted by molar-refractivity contribution is -0.141. The molecule has 6 atom stereocenters. The van der Waals surface area contributed by atoms with Gasteiger partial charge in [0.2, 0.25) is 35.4 Å². The number of nitrogens with one attached hydrogen (secondary N) is 7. The van der Waals surface area contributed by atoms with Gasteiger partial charge < -0.3 is 59.2 Å². The van der Waals surface area contributed by atoms with E-state index in [2.05, 4.69) is 72.1 Å². The number of pyridine rings is 1. The minimum atomic E-state index is -1.28. The lowest BCUT2D eigenvalue weighted by Gasteiger charge is -2.27. The molecule has 66 heavy (non-hydrogen) atoms. The number of rotatable bonds is 27. The zero-order chi connectivity index (χ0) is 48.0. The quantitative estimate of drug-likeness (QED) is 0.0152. The summed E-state index contributed by atoms with van der Waals surface area (Å²) in [5.41, 5.74) is 19.8. The fourth-order valence-electron chi connectivity index (χ4n) is 6.74. The number of nitrogens with two attached hydrogens (primary N) is 3. The fraction of sp³-hybridized carbons (Fsp3) is 0.386. The molecule has 2 aromatic heterocycles. The number of fused-ring (bicyclic) bond motifs is 1. The Kier molecular flexibility index (Phi) is 21.2. The highest BCUT2D eigenvalue weighted by Crippen LogP contribution is 2.19. The van der Waals surface area contributed by atoms with Crippen LogP contribution >= 0.6 is 25.3 Å². The van der Waals surface area contributed by atoms with Crippen LogP contribution in [-0.2, 0) is 52.8 Å². The Hall–Kier alpha value is -6.65. The fourth-order valence-corrected chi connectivity index (χ4v) is 7.15. The highest BCUT2D eigenvalue weighted by Gasteiger charge is 2.32. The Morgan fingerprint density at radius 2 is 1.29 bits per heavy atom. The van der Waals surface area contributed by atoms with Crippen LogP contribution < -0.4 is 49.1 Å². The number of guanidine groups is 1. The first-order valence-electron chi connectivity index (χ1n) is 21.2. The second-order valence-corrected chi connectivity index (χ2v) is 16.1. The van der Waals surface area contributed by atoms with E-state index in [9.17, 15) is 38.7 Å². The van der Waals surface area contributed by atoms with E-state index in [0.29, 0.717) is 16.7 Å². The molecule has 0 aliphatic carbocycles. The number of hydrogen-bond donors (Lipinski definition) is 13. The van der Waals surface area contributed by atoms with Crippen molar-refractivity contribution in [1.82, 2.24) is 41.9 Å². The maximum Gasteiger partial charge on any atom is 0.327 e. The molecule has 0 aliphatic rings. The summed E-state index contributed by atoms with van der Waals surface area (Å²) < 4.78 is 0. The van der Waals surface area contributed by atoms with E-state index in [1.807, 2.05) is 24.3 Å². The van der Waals surface area contributed by atoms with Crippen molar-refractivity contribution >= 4 is 83.5 Å². The molecule has 6 amide bonds. The summed E-state index contributed by atoms with van der Waals surface area (Å²) in [6, 6.07) is 12.5. The highest BCUT2D eigenvalue weighted by molar-refractivity contribution is 7.80. The van der Waals surface area contributed by atoms with Gasteiger partial charge in [0.15, 0.2) is 5.96 Å². The Balaban J connectivity index is 1.59. The Labute approximate surface area is 392 Å². The van der Waals surface area contributed by atoms with Crippen molar-refractivity contribution in [3.8, 4) is 0 Å². The van der Waals surface area contributed by atoms with Crippen LogP contribution in [0.4, 0.5) is 0 Å². The molecule has 354 valence electrons. The normalized spacial score (nSPS) is 13.7. The van der Waals surface area contributed by atoms with Crippen molar-refractivity contribution < 1.29 is 38.7 Å². The minimum Gasteiger partial charge on any atom is -0.480 e. The summed E-state index contributed by atoms with van der Waals surface area (Å²) in [6.45, 7) is 0.109. The van der Waals surface area contributed by atoms with Gasteiger partial charge >= 0.3 is 5.97 Å². The molecule has 0 saturated heterocycles. The van der Waals surface area contributed by atoms with E-state index in [-0.39, 0.29) is 75.5 Å². The summed E-state index contributed by atoms with van der Waals surface area (Å²) in [7, 11) is 0. The van der Waals surface area contributed by atoms with Gasteiger partial charge in [-0.15, -0.1) is 0 Å². The number of nitrogens with zero attached hydrogens (tertiary/aromatic N) is 2. The predicted octanol–water partition coefficient (Wildman–Crippen LogP) is -0.764. The van der Waals surface area contributed by atoms with Gasteiger partial charge in [-0.3, -0.25) is 38.7 Å². The standard InChI is InChI=1S/C44H58N12O8S2/c45-30(24-65)38(58)54-34(20-27-11-6-16-48-22-27)42(62)55-33(19-26-9-2-1-3-10-26)41(61)53-32(14-7-18-50-44(46)47)40(60)56-35(21-28-23-51-31-13-5-4-12-29(28)31)39(59)49-17-8-15-37(57)52-36(25-66)43(63)64/h1-6,9-13,16,22-23,30,32-36,51,65-66H,7-8,14-15,17-21,24-25,45H2,(H,49,59)(H,52,57)(H,53,61)(H,54,58)(H,55,62)(H,56,60)(H,63,64)(H4,46,47,50)/t30-,32-,33+,34-,35-,36-/m0/s1. The first-order valence-corrected chi connectivity index (χ1v) is 22.5. The van der Waals surface area contributed by atoms with Gasteiger partial charge in [-0.2, -0.15) is 25.3 Å². The second kappa shape index (κ2) is 27.0. The van der Waals surface area contributed by atoms with E-state index < -0.39 is 77.7 Å². The number of H-pyrrole nitrogens is 1. The molecular weight excluding hydrogens is 889 g/mol. The lowest BCUT2D eigenvalue weighted by atomic mass is 10.0. The summed E-state index contributed by atoms with van der Waals surface area (Å²) in [6.07, 6.45) is 5.11. The maximum absolute atomic E-state index is 14.4. The number of aliphatic imine (C=N–C) groups is 1. The van der Waals surface area contributed by atoms with Crippen LogP contribution in [0.2, 0.25) is 0 Å². The average molecular weight is 947 g/mol. The SMILES string of the molecule is NC(N)=NCCC[C@H](NC(=O)[C@@H](Cc1ccccc1)NC(=O)[C@H](Cc1cccnc1)NC(=O)[C@@H](N)CS)C(=O)N[C@@H](Cc1c[nH]c2ccccc12)C(=O)NCCCC(=O)N[C@@H](CS)C(=O)O. The van der Waals surface area contributed by atoms with Crippen molar-refractivity contribution in [3.05, 3.63) is 102 Å². The molecular formula is C44H58N12O8S2. The molecule has 2 aromatic carbocycles. The number of aromatic nitrogens is 2. The molecule has 4 aromatic rings. The van der Waals surface area contributed by atoms with E-state index in [1.165, 1.54) is 0 Å². The third-order valence-electron chi connectivity index (χ3n) is 10.3. The zero-order valence-electron chi connectivity index (χ0n) is 36.2. The molecule has 22 heteroatoms. The first kappa shape index (κ1) is 52.0. The topological polar surface area (TPSA) is 331 Å². The van der Waals surface area contributed by atoms with Crippen LogP contribution in [0.15, 0.2) is 90.3 Å². The van der Waals surface area contributed by atoms with Crippen LogP contribution in [0.25, 0.3) is 10.9 Å². The van der Waals surface area contributed by atoms with Gasteiger partial charge in [0.05, 0.1) is 6.04 Å². The highest BCUT2D eigenvalue weighted by atomic mass is 32.1. The van der Waals surface area contributed by atoms with E-state index in [4.69, 9.17) is 17.2 Å². The third-order valence-corrected chi connectivity index (χ3v) is 11.0. The van der Waals surface area contributed by atoms with Crippen LogP contribution in [-0.4, -0.2) is 123 Å². The van der Waals surface area contributed by atoms with Crippen LogP contribution in [0.1, 0.15) is 42.4 Å². The number of thiol groups is 2. The number of carbonyl (C=O) groups is 7. The van der Waals surface area contributed by atoms with Crippen molar-refractivity contribution in [2.24, 2.45) is 22.2 Å². The Bertz CT molecular complexity index is 2280. The van der Waals surface area contributed by atoms with Gasteiger partial charge in [-0.1, -0.05) is 54.6 Å². The van der Waals surface area contributed by atoms with Crippen LogP contribution in [0.3, 0.4) is 0 Å². The molecule has 20 nitrogen and oxygen atoms in total. The van der Waals surface area contributed by atoms with Crippen molar-refractivity contribution in [3.63, 3.8) is 0 Å². The predicted molar refractivity (Wildman–Crippen MR) is 255 cm³/mol. The first-order chi connectivity index (χ1) is 31.7. The maximum atomic E-state index is 14.4. The smallest absolute Gasteiger partial charge is 0.327 e. The number of aliphatic carboxylic acids is 1. The molecule has 0 bridgehead atoms. The molecule has 0 radical (unpaired) electrons. The minimum absolute atomic E-state index is 0.00181. The van der Waals surface area contributed by atoms with Gasteiger partial charge in [0, 0.05) is 79.8 Å². The summed E-state index contributed by atoms with van der Waals surface area (Å²) in [5.74, 6) is -5.45. The molecule has 0 aliphatic heterocycles. The van der Waals surface area contributed by atoms with Gasteiger partial charge in [0.1, 0.15) is 30.2 Å². The van der Waals surface area contributed by atoms with Crippen molar-refractivity contribution in [2.75, 3.05) is 24.6 Å². The summed E-state index contributed by atoms with van der Waals surface area (Å²) >= 11 is 8.07. The van der Waals surface area contributed by atoms with Crippen LogP contribution in [0, 0.1) is 0 Å². The number of para-hydroxylation sites is 1. The largest absolute Gasteiger partial charge is 0.480 e. The number of amides is 6. The van der Waals surface area contributed by atoms with E-state index in [0.717, 1.165) is 10.9 Å². The van der Waals surface area contributed by atoms with E-state index in [1.54, 1.807) is 61.1 Å². The van der Waals surface area contributed by atoms with E-state index >= 15 is 0 Å². The van der Waals surface area contributed by atoms with Gasteiger partial charge in [0.25, 0.3) is 0 Å². The molecule has 2 heterocycles. The molecule has 0 saturated carbocycles. The zero-order valence-corrected chi connectivity index (χ0v) is 37.9. The molecule has 0 spiro atoms. The summed E-state index contributed by atoms with van der Waals surface area (Å²) in [4.78, 5) is 105. The van der Waals surface area contributed by atoms with Crippen molar-refractivity contribution in [1.29, 1.82) is 0 Å². The van der Waals surface area contributed by atoms with Crippen molar-refractivity contribution in [2.45, 2.75) is 81.2 Å². The van der Waals surface area contributed by atoms with Gasteiger partial charge in [-0.25, -0.2) is 4.79 Å². The molecule has 14 N–H and O–H groups in total. The van der Waals surface area contributed by atoms with Gasteiger partial charge in [-0.05, 0) is 48.1 Å². The molecule has 0 unspecified atom stereocenters. The number of benzene rings is 2. The number of aromatic amines is 1. The monoisotopic (exact) mass is 946 g/mol. The Morgan fingerprint density at radius 3 is 1.92 bits per heavy atom. The third kappa shape index (κ3) is 17.0. The molecule has 0 fully saturated rings. The number of hydrogen-bond acceptors (Lipinski definition) is 12. The summed E-state index contributed by atoms with van der Waals surface area (Å²) in [5, 5.41) is 26.2. The average Bonchev–Trinajstić information content (AvgIpc) is 3.72. The lowest BCUT2D eigenvalue weighted by Crippen LogP contribution is -2.59. The Morgan fingerprint density at radius 1 is 0.682 bits per heavy atom. The number of carboxylic acid groups (broad SMARTS) is 1. The van der Waals surface area contributed by atoms with Crippen LogP contribution in [0.5, 0.6) is 0 Å². The number of carbonyl (C=O) groups excluding carboxylic acids is 6.